The molecule has 0 heterocycles. The third-order valence-corrected chi connectivity index (χ3v) is 1.66. The largest absolute Gasteiger partial charge is 0.398 e. The zero-order valence-electron chi connectivity index (χ0n) is 5.80. The van der Waals surface area contributed by atoms with E-state index in [4.69, 9.17) is 17.3 Å². The molecular weight excluding hydrogens is 162 g/mol. The summed E-state index contributed by atoms with van der Waals surface area (Å²) in [5.74, 6) is -0.256. The number of ketones is 1. The van der Waals surface area contributed by atoms with Gasteiger partial charge in [0.2, 0.25) is 0 Å². The molecule has 0 spiro atoms. The van der Waals surface area contributed by atoms with Gasteiger partial charge in [0.25, 0.3) is 0 Å². The van der Waals surface area contributed by atoms with Gasteiger partial charge in [0.05, 0.1) is 10.7 Å². The first-order valence-corrected chi connectivity index (χ1v) is 3.40. The van der Waals surface area contributed by atoms with Gasteiger partial charge in [0.15, 0.2) is 5.78 Å². The minimum atomic E-state index is -0.256. The predicted molar refractivity (Wildman–Crippen MR) is 45.6 cm³/mol. The fourth-order valence-electron chi connectivity index (χ4n) is 0.717. The second-order valence-electron chi connectivity index (χ2n) is 2.16. The van der Waals surface area contributed by atoms with Gasteiger partial charge in [-0.2, -0.15) is 0 Å². The van der Waals surface area contributed by atoms with Crippen LogP contribution < -0.4 is 5.73 Å². The summed E-state index contributed by atoms with van der Waals surface area (Å²) < 4.78 is 0. The van der Waals surface area contributed by atoms with Gasteiger partial charge in [-0.1, -0.05) is 11.6 Å². The van der Waals surface area contributed by atoms with Crippen molar-refractivity contribution in [3.8, 4) is 0 Å². The number of benzene rings is 1. The summed E-state index contributed by atoms with van der Waals surface area (Å²) in [5, 5.41) is 0.454. The lowest BCUT2D eigenvalue weighted by Gasteiger charge is -1.98. The van der Waals surface area contributed by atoms with Crippen molar-refractivity contribution in [2.24, 2.45) is 0 Å². The first kappa shape index (κ1) is 8.08. The maximum Gasteiger partial charge on any atom is 0.163 e. The first-order valence-electron chi connectivity index (χ1n) is 3.02. The molecule has 0 amide bonds. The lowest BCUT2D eigenvalue weighted by Crippen LogP contribution is -1.94. The smallest absolute Gasteiger partial charge is 0.163 e. The summed E-state index contributed by atoms with van der Waals surface area (Å²) in [4.78, 5) is 10.7. The van der Waals surface area contributed by atoms with Crippen LogP contribution in [0.15, 0.2) is 18.2 Å². The summed E-state index contributed by atoms with van der Waals surface area (Å²) in [7, 11) is 0. The highest BCUT2D eigenvalue weighted by Crippen LogP contribution is 2.19. The number of nitrogen functional groups attached to an aromatic ring is 1. The third-order valence-electron chi connectivity index (χ3n) is 1.32. The average Bonchev–Trinajstić information content (AvgIpc) is 1.94. The topological polar surface area (TPSA) is 43.1 Å². The van der Waals surface area contributed by atoms with Crippen molar-refractivity contribution in [2.45, 2.75) is 0 Å². The van der Waals surface area contributed by atoms with Crippen LogP contribution in [-0.4, -0.2) is 5.78 Å². The minimum Gasteiger partial charge on any atom is -0.398 e. The predicted octanol–water partition coefficient (Wildman–Crippen LogP) is 1.94. The van der Waals surface area contributed by atoms with Gasteiger partial charge in [0, 0.05) is 12.5 Å². The Morgan fingerprint density at radius 3 is 2.64 bits per heavy atom. The summed E-state index contributed by atoms with van der Waals surface area (Å²) in [5.41, 5.74) is 6.33. The second kappa shape index (κ2) is 2.93. The maximum absolute atomic E-state index is 10.7. The van der Waals surface area contributed by atoms with Gasteiger partial charge < -0.3 is 5.73 Å². The molecule has 0 bridgehead atoms. The number of hydrogen-bond acceptors (Lipinski definition) is 2. The van der Waals surface area contributed by atoms with Crippen molar-refractivity contribution in [3.63, 3.8) is 0 Å². The molecule has 0 aliphatic carbocycles. The fraction of sp³-hybridized carbons (Fsp3) is 0. The lowest BCUT2D eigenvalue weighted by atomic mass is 10.1. The molecule has 3 heteroatoms. The van der Waals surface area contributed by atoms with Crippen LogP contribution in [-0.2, 0) is 0 Å². The molecule has 0 saturated heterocycles. The summed E-state index contributed by atoms with van der Waals surface area (Å²) in [6.07, 6.45) is 0. The number of anilines is 1. The van der Waals surface area contributed by atoms with E-state index in [1.807, 2.05) is 0 Å². The molecule has 0 fully saturated rings. The van der Waals surface area contributed by atoms with Crippen molar-refractivity contribution in [2.75, 3.05) is 5.73 Å². The highest BCUT2D eigenvalue weighted by atomic mass is 35.5. The Balaban J connectivity index is 3.15. The molecule has 1 radical (unpaired) electrons. The highest BCUT2D eigenvalue weighted by Gasteiger charge is 2.01. The molecule has 0 unspecified atom stereocenters. The van der Waals surface area contributed by atoms with Crippen molar-refractivity contribution in [1.82, 2.24) is 0 Å². The van der Waals surface area contributed by atoms with Crippen LogP contribution in [0.1, 0.15) is 10.4 Å². The number of carbonyl (C=O) groups excluding carboxylic acids is 1. The molecule has 1 aromatic rings. The molecule has 11 heavy (non-hydrogen) atoms. The Morgan fingerprint density at radius 1 is 1.55 bits per heavy atom. The highest BCUT2D eigenvalue weighted by molar-refractivity contribution is 6.33. The van der Waals surface area contributed by atoms with E-state index in [1.54, 1.807) is 12.1 Å². The van der Waals surface area contributed by atoms with Gasteiger partial charge >= 0.3 is 0 Å². The molecule has 2 nitrogen and oxygen atoms in total. The van der Waals surface area contributed by atoms with Crippen molar-refractivity contribution < 1.29 is 4.79 Å². The van der Waals surface area contributed by atoms with E-state index in [1.165, 1.54) is 6.07 Å². The molecule has 0 aliphatic rings. The van der Waals surface area contributed by atoms with Crippen LogP contribution in [0.3, 0.4) is 0 Å². The van der Waals surface area contributed by atoms with Crippen LogP contribution in [0.4, 0.5) is 5.69 Å². The van der Waals surface area contributed by atoms with Crippen molar-refractivity contribution >= 4 is 23.1 Å². The van der Waals surface area contributed by atoms with Crippen LogP contribution in [0, 0.1) is 6.92 Å². The fourth-order valence-corrected chi connectivity index (χ4v) is 0.835. The number of hydrogen-bond donors (Lipinski definition) is 1. The van der Waals surface area contributed by atoms with Gasteiger partial charge in [-0.15, -0.1) is 0 Å². The quantitative estimate of drug-likeness (QED) is 0.515. The Labute approximate surface area is 70.0 Å². The van der Waals surface area contributed by atoms with Crippen LogP contribution in [0.25, 0.3) is 0 Å². The van der Waals surface area contributed by atoms with E-state index in [9.17, 15) is 4.79 Å². The Hall–Kier alpha value is -1.02. The molecule has 57 valence electrons. The summed E-state index contributed by atoms with van der Waals surface area (Å²) in [6.45, 7) is 3.24. The van der Waals surface area contributed by atoms with Crippen molar-refractivity contribution in [1.29, 1.82) is 0 Å². The van der Waals surface area contributed by atoms with Crippen LogP contribution in [0.5, 0.6) is 0 Å². The Bertz CT molecular complexity index is 296. The monoisotopic (exact) mass is 168 g/mol. The standard InChI is InChI=1S/C8H7ClNO/c1-5(11)6-2-3-7(9)8(10)4-6/h2-4H,1,10H2. The van der Waals surface area contributed by atoms with Crippen LogP contribution >= 0.6 is 11.6 Å². The molecule has 1 rings (SSSR count). The van der Waals surface area contributed by atoms with E-state index in [2.05, 4.69) is 6.92 Å². The second-order valence-corrected chi connectivity index (χ2v) is 2.57. The van der Waals surface area contributed by atoms with E-state index < -0.39 is 0 Å². The van der Waals surface area contributed by atoms with E-state index in [-0.39, 0.29) is 5.78 Å². The minimum absolute atomic E-state index is 0.256. The van der Waals surface area contributed by atoms with Gasteiger partial charge in [-0.3, -0.25) is 4.79 Å². The zero-order chi connectivity index (χ0) is 8.43. The number of nitrogens with two attached hydrogens (primary N) is 1. The third kappa shape index (κ3) is 1.71. The van der Waals surface area contributed by atoms with Crippen molar-refractivity contribution in [3.05, 3.63) is 35.7 Å². The normalized spacial score (nSPS) is 9.64. The number of Topliss-reactive ketones (excluding diaryl/α,β-unsaturated/α-hetero) is 1. The van der Waals surface area contributed by atoms with Gasteiger partial charge in [-0.25, -0.2) is 0 Å². The SMILES string of the molecule is [CH2]C(=O)c1ccc(Cl)c(N)c1. The average molecular weight is 169 g/mol. The molecule has 1 aromatic carbocycles. The summed E-state index contributed by atoms with van der Waals surface area (Å²) >= 11 is 5.63. The van der Waals surface area contributed by atoms with Gasteiger partial charge in [-0.05, 0) is 18.2 Å². The molecule has 0 aromatic heterocycles. The molecule has 0 aliphatic heterocycles. The van der Waals surface area contributed by atoms with E-state index in [0.717, 1.165) is 0 Å². The lowest BCUT2D eigenvalue weighted by molar-refractivity contribution is 0.104. The van der Waals surface area contributed by atoms with Gasteiger partial charge in [0.1, 0.15) is 0 Å². The summed E-state index contributed by atoms with van der Waals surface area (Å²) in [6, 6.07) is 4.68. The Morgan fingerprint density at radius 2 is 2.18 bits per heavy atom. The molecular formula is C8H7ClNO. The van der Waals surface area contributed by atoms with E-state index >= 15 is 0 Å². The molecule has 0 saturated carbocycles. The number of halogens is 1. The number of carbonyl (C=O) groups is 1. The molecule has 0 atom stereocenters. The molecule has 2 N–H and O–H groups in total. The first-order chi connectivity index (χ1) is 5.11. The zero-order valence-corrected chi connectivity index (χ0v) is 6.56. The van der Waals surface area contributed by atoms with Crippen LogP contribution in [0.2, 0.25) is 5.02 Å². The Kier molecular flexibility index (Phi) is 2.15. The van der Waals surface area contributed by atoms with E-state index in [0.29, 0.717) is 16.3 Å². The number of rotatable bonds is 1. The maximum atomic E-state index is 10.7.